The Morgan fingerprint density at radius 1 is 1.27 bits per heavy atom. The van der Waals surface area contributed by atoms with E-state index in [4.69, 9.17) is 10.8 Å². The fraction of sp³-hybridized carbons (Fsp3) is 1.00. The molecule has 0 heterocycles. The van der Waals surface area contributed by atoms with Crippen LogP contribution in [0.15, 0.2) is 0 Å². The second-order valence-corrected chi connectivity index (χ2v) is 2.79. The van der Waals surface area contributed by atoms with E-state index in [1.54, 1.807) is 0 Å². The predicted molar refractivity (Wildman–Crippen MR) is 54.1 cm³/mol. The van der Waals surface area contributed by atoms with E-state index in [9.17, 15) is 0 Å². The van der Waals surface area contributed by atoms with Gasteiger partial charge in [0, 0.05) is 6.04 Å². The zero-order chi connectivity index (χ0) is 7.82. The lowest BCUT2D eigenvalue weighted by molar-refractivity contribution is 0.257. The first-order valence-corrected chi connectivity index (χ1v) is 4.17. The maximum atomic E-state index is 8.57. The molecule has 0 radical (unpaired) electrons. The van der Waals surface area contributed by atoms with Crippen molar-refractivity contribution in [2.24, 2.45) is 5.73 Å². The second-order valence-electron chi connectivity index (χ2n) is 2.79. The molecule has 0 aliphatic carbocycles. The molecule has 1 unspecified atom stereocenters. The van der Waals surface area contributed by atoms with Crippen LogP contribution in [0.4, 0.5) is 0 Å². The fourth-order valence-corrected chi connectivity index (χ4v) is 0.925. The van der Waals surface area contributed by atoms with Gasteiger partial charge in [-0.15, -0.1) is 17.0 Å². The Labute approximate surface area is 79.9 Å². The SMILES string of the molecule is Br.CCCCCCC(N)CO. The van der Waals surface area contributed by atoms with Crippen LogP contribution in [0.5, 0.6) is 0 Å². The largest absolute Gasteiger partial charge is 0.395 e. The Balaban J connectivity index is 0. The van der Waals surface area contributed by atoms with E-state index in [0.29, 0.717) is 0 Å². The van der Waals surface area contributed by atoms with E-state index in [2.05, 4.69) is 6.92 Å². The highest BCUT2D eigenvalue weighted by Crippen LogP contribution is 2.03. The molecular weight excluding hydrogens is 206 g/mol. The van der Waals surface area contributed by atoms with Crippen LogP contribution in [0, 0.1) is 0 Å². The van der Waals surface area contributed by atoms with Gasteiger partial charge >= 0.3 is 0 Å². The number of halogens is 1. The average Bonchev–Trinajstić information content (AvgIpc) is 1.98. The molecule has 3 heteroatoms. The molecule has 0 rings (SSSR count). The highest BCUT2D eigenvalue weighted by Gasteiger charge is 1.97. The van der Waals surface area contributed by atoms with Crippen LogP contribution >= 0.6 is 17.0 Å². The topological polar surface area (TPSA) is 46.2 Å². The van der Waals surface area contributed by atoms with Crippen molar-refractivity contribution >= 4 is 17.0 Å². The minimum Gasteiger partial charge on any atom is -0.395 e. The zero-order valence-electron chi connectivity index (χ0n) is 7.25. The van der Waals surface area contributed by atoms with Crippen LogP contribution in [0.2, 0.25) is 0 Å². The number of aliphatic hydroxyl groups excluding tert-OH is 1. The van der Waals surface area contributed by atoms with E-state index < -0.39 is 0 Å². The summed E-state index contributed by atoms with van der Waals surface area (Å²) in [4.78, 5) is 0. The van der Waals surface area contributed by atoms with Gasteiger partial charge in [-0.05, 0) is 6.42 Å². The molecule has 0 aromatic heterocycles. The molecule has 3 N–H and O–H groups in total. The van der Waals surface area contributed by atoms with Crippen molar-refractivity contribution in [3.8, 4) is 0 Å². The molecule has 0 amide bonds. The van der Waals surface area contributed by atoms with Gasteiger partial charge in [0.2, 0.25) is 0 Å². The summed E-state index contributed by atoms with van der Waals surface area (Å²) in [5.74, 6) is 0. The van der Waals surface area contributed by atoms with Gasteiger partial charge in [0.05, 0.1) is 6.61 Å². The highest BCUT2D eigenvalue weighted by molar-refractivity contribution is 8.93. The Morgan fingerprint density at radius 2 is 1.91 bits per heavy atom. The fourth-order valence-electron chi connectivity index (χ4n) is 0.925. The molecule has 1 atom stereocenters. The molecule has 11 heavy (non-hydrogen) atoms. The van der Waals surface area contributed by atoms with Crippen molar-refractivity contribution in [3.05, 3.63) is 0 Å². The van der Waals surface area contributed by atoms with Crippen LogP contribution in [-0.2, 0) is 0 Å². The van der Waals surface area contributed by atoms with Gasteiger partial charge in [0.25, 0.3) is 0 Å². The van der Waals surface area contributed by atoms with Gasteiger partial charge in [-0.3, -0.25) is 0 Å². The summed E-state index contributed by atoms with van der Waals surface area (Å²) in [6, 6.07) is 0.0110. The zero-order valence-corrected chi connectivity index (χ0v) is 8.97. The smallest absolute Gasteiger partial charge is 0.0582 e. The number of aliphatic hydroxyl groups is 1. The Bertz CT molecular complexity index is 71.1. The molecule has 0 fully saturated rings. The van der Waals surface area contributed by atoms with Crippen molar-refractivity contribution in [2.45, 2.75) is 45.1 Å². The summed E-state index contributed by atoms with van der Waals surface area (Å²) in [6.45, 7) is 2.32. The molecule has 0 saturated heterocycles. The van der Waals surface area contributed by atoms with Crippen molar-refractivity contribution in [1.82, 2.24) is 0 Å². The lowest BCUT2D eigenvalue weighted by Crippen LogP contribution is -2.23. The second kappa shape index (κ2) is 10.4. The van der Waals surface area contributed by atoms with E-state index in [1.165, 1.54) is 19.3 Å². The van der Waals surface area contributed by atoms with Crippen LogP contribution in [0.3, 0.4) is 0 Å². The molecule has 2 nitrogen and oxygen atoms in total. The van der Waals surface area contributed by atoms with Crippen LogP contribution in [0.1, 0.15) is 39.0 Å². The molecular formula is C8H20BrNO. The van der Waals surface area contributed by atoms with Crippen molar-refractivity contribution < 1.29 is 5.11 Å². The normalized spacial score (nSPS) is 12.3. The van der Waals surface area contributed by atoms with Gasteiger partial charge < -0.3 is 10.8 Å². The Morgan fingerprint density at radius 3 is 2.36 bits per heavy atom. The van der Waals surface area contributed by atoms with E-state index >= 15 is 0 Å². The maximum Gasteiger partial charge on any atom is 0.0582 e. The van der Waals surface area contributed by atoms with E-state index in [1.807, 2.05) is 0 Å². The predicted octanol–water partition coefficient (Wildman–Crippen LogP) is 1.85. The number of unbranched alkanes of at least 4 members (excludes halogenated alkanes) is 3. The molecule has 0 aliphatic heterocycles. The van der Waals surface area contributed by atoms with Gasteiger partial charge in [0.15, 0.2) is 0 Å². The van der Waals surface area contributed by atoms with E-state index in [0.717, 1.165) is 12.8 Å². The van der Waals surface area contributed by atoms with Gasteiger partial charge in [-0.25, -0.2) is 0 Å². The Hall–Kier alpha value is 0.400. The summed E-state index contributed by atoms with van der Waals surface area (Å²) >= 11 is 0. The Kier molecular flexibility index (Phi) is 13.2. The molecule has 0 bridgehead atoms. The first kappa shape index (κ1) is 14.0. The van der Waals surface area contributed by atoms with Crippen molar-refractivity contribution in [3.63, 3.8) is 0 Å². The molecule has 0 spiro atoms. The summed E-state index contributed by atoms with van der Waals surface area (Å²) in [6.07, 6.45) is 5.93. The summed E-state index contributed by atoms with van der Waals surface area (Å²) in [7, 11) is 0. The van der Waals surface area contributed by atoms with E-state index in [-0.39, 0.29) is 29.6 Å². The first-order valence-electron chi connectivity index (χ1n) is 4.17. The lowest BCUT2D eigenvalue weighted by Gasteiger charge is -2.05. The quantitative estimate of drug-likeness (QED) is 0.679. The van der Waals surface area contributed by atoms with Gasteiger partial charge in [-0.2, -0.15) is 0 Å². The van der Waals surface area contributed by atoms with Crippen LogP contribution in [0.25, 0.3) is 0 Å². The molecule has 0 saturated carbocycles. The third kappa shape index (κ3) is 10.4. The first-order chi connectivity index (χ1) is 4.81. The third-order valence-electron chi connectivity index (χ3n) is 1.66. The summed E-state index contributed by atoms with van der Waals surface area (Å²) < 4.78 is 0. The summed E-state index contributed by atoms with van der Waals surface area (Å²) in [5.41, 5.74) is 5.51. The standard InChI is InChI=1S/C8H19NO.BrH/c1-2-3-4-5-6-8(9)7-10;/h8,10H,2-7,9H2,1H3;1H. The average molecular weight is 226 g/mol. The monoisotopic (exact) mass is 225 g/mol. The minimum atomic E-state index is 0. The van der Waals surface area contributed by atoms with Crippen LogP contribution < -0.4 is 5.73 Å². The minimum absolute atomic E-state index is 0. The van der Waals surface area contributed by atoms with Crippen molar-refractivity contribution in [2.75, 3.05) is 6.61 Å². The molecule has 0 aliphatic rings. The maximum absolute atomic E-state index is 8.57. The molecule has 0 aromatic carbocycles. The number of hydrogen-bond donors (Lipinski definition) is 2. The number of rotatable bonds is 6. The lowest BCUT2D eigenvalue weighted by atomic mass is 10.1. The number of nitrogens with two attached hydrogens (primary N) is 1. The molecule has 0 aromatic rings. The highest BCUT2D eigenvalue weighted by atomic mass is 79.9. The summed E-state index contributed by atoms with van der Waals surface area (Å²) in [5, 5.41) is 8.57. The molecule has 70 valence electrons. The van der Waals surface area contributed by atoms with Gasteiger partial charge in [0.1, 0.15) is 0 Å². The van der Waals surface area contributed by atoms with Crippen LogP contribution in [-0.4, -0.2) is 17.8 Å². The third-order valence-corrected chi connectivity index (χ3v) is 1.66. The van der Waals surface area contributed by atoms with Crippen molar-refractivity contribution in [1.29, 1.82) is 0 Å². The van der Waals surface area contributed by atoms with Gasteiger partial charge in [-0.1, -0.05) is 32.6 Å². The number of hydrogen-bond acceptors (Lipinski definition) is 2.